The zero-order valence-electron chi connectivity index (χ0n) is 6.75. The van der Waals surface area contributed by atoms with Crippen molar-refractivity contribution in [1.82, 2.24) is 0 Å². The molecule has 1 unspecified atom stereocenters. The van der Waals surface area contributed by atoms with Gasteiger partial charge in [-0.2, -0.15) is 11.8 Å². The van der Waals surface area contributed by atoms with Crippen molar-refractivity contribution in [2.24, 2.45) is 5.73 Å². The van der Waals surface area contributed by atoms with Gasteiger partial charge in [0.15, 0.2) is 0 Å². The molecule has 0 aromatic rings. The third-order valence-electron chi connectivity index (χ3n) is 1.27. The van der Waals surface area contributed by atoms with Crippen molar-refractivity contribution in [3.05, 3.63) is 0 Å². The molecule has 0 aliphatic heterocycles. The number of hydrogen-bond acceptors (Lipinski definition) is 3. The van der Waals surface area contributed by atoms with Gasteiger partial charge in [-0.1, -0.05) is 6.92 Å². The lowest BCUT2D eigenvalue weighted by atomic mass is 10.2. The maximum Gasteiger partial charge on any atom is 0.304 e. The van der Waals surface area contributed by atoms with Gasteiger partial charge in [-0.3, -0.25) is 4.79 Å². The Labute approximate surface area is 71.3 Å². The van der Waals surface area contributed by atoms with E-state index >= 15 is 0 Å². The maximum atomic E-state index is 10.2. The van der Waals surface area contributed by atoms with Crippen LogP contribution < -0.4 is 5.73 Å². The van der Waals surface area contributed by atoms with Crippen LogP contribution in [0.2, 0.25) is 0 Å². The number of carboxylic acid groups (broad SMARTS) is 1. The first kappa shape index (κ1) is 10.8. The number of thioether (sulfide) groups is 1. The number of hydrogen-bond donors (Lipinski definition) is 2. The largest absolute Gasteiger partial charge is 0.481 e. The van der Waals surface area contributed by atoms with Crippen LogP contribution >= 0.6 is 11.8 Å². The van der Waals surface area contributed by atoms with Gasteiger partial charge in [0.1, 0.15) is 0 Å². The average molecular weight is 177 g/mol. The van der Waals surface area contributed by atoms with Crippen LogP contribution in [0.4, 0.5) is 0 Å². The number of aliphatic carboxylic acids is 1. The summed E-state index contributed by atoms with van der Waals surface area (Å²) in [6.07, 6.45) is 0.884. The molecule has 0 aromatic carbocycles. The van der Waals surface area contributed by atoms with E-state index in [9.17, 15) is 4.79 Å². The van der Waals surface area contributed by atoms with Crippen molar-refractivity contribution in [3.8, 4) is 0 Å². The van der Waals surface area contributed by atoms with Gasteiger partial charge in [0.2, 0.25) is 0 Å². The Kier molecular flexibility index (Phi) is 6.36. The quantitative estimate of drug-likeness (QED) is 0.592. The second kappa shape index (κ2) is 6.49. The number of carbonyl (C=O) groups is 1. The molecule has 0 aromatic heterocycles. The number of nitrogens with two attached hydrogens (primary N) is 1. The Morgan fingerprint density at radius 1 is 1.73 bits per heavy atom. The van der Waals surface area contributed by atoms with E-state index in [1.54, 1.807) is 11.8 Å². The fraction of sp³-hybridized carbons (Fsp3) is 0.857. The molecular formula is C7H15NO2S. The minimum Gasteiger partial charge on any atom is -0.481 e. The predicted molar refractivity (Wildman–Crippen MR) is 47.8 cm³/mol. The van der Waals surface area contributed by atoms with Gasteiger partial charge < -0.3 is 10.8 Å². The Hall–Kier alpha value is -0.220. The zero-order chi connectivity index (χ0) is 8.69. The van der Waals surface area contributed by atoms with Crippen LogP contribution in [0.1, 0.15) is 19.8 Å². The summed E-state index contributed by atoms with van der Waals surface area (Å²) in [6.45, 7) is 2.08. The summed E-state index contributed by atoms with van der Waals surface area (Å²) >= 11 is 1.79. The third-order valence-corrected chi connectivity index (χ3v) is 2.21. The molecule has 4 heteroatoms. The molecule has 11 heavy (non-hydrogen) atoms. The summed E-state index contributed by atoms with van der Waals surface area (Å²) < 4.78 is 0. The van der Waals surface area contributed by atoms with E-state index in [2.05, 4.69) is 6.92 Å². The average Bonchev–Trinajstić information content (AvgIpc) is 1.86. The predicted octanol–water partition coefficient (Wildman–Crippen LogP) is 0.932. The maximum absolute atomic E-state index is 10.2. The smallest absolute Gasteiger partial charge is 0.304 e. The lowest BCUT2D eigenvalue weighted by Crippen LogP contribution is -2.24. The lowest BCUT2D eigenvalue weighted by Gasteiger charge is -2.06. The highest BCUT2D eigenvalue weighted by atomic mass is 32.2. The summed E-state index contributed by atoms with van der Waals surface area (Å²) in [5.41, 5.74) is 5.52. The van der Waals surface area contributed by atoms with E-state index in [0.717, 1.165) is 17.9 Å². The molecule has 0 aliphatic carbocycles. The molecule has 66 valence electrons. The summed E-state index contributed by atoms with van der Waals surface area (Å²) in [6, 6.07) is -0.174. The van der Waals surface area contributed by atoms with Crippen LogP contribution in [0.5, 0.6) is 0 Å². The van der Waals surface area contributed by atoms with Crippen molar-refractivity contribution < 1.29 is 9.90 Å². The first-order chi connectivity index (χ1) is 5.16. The van der Waals surface area contributed by atoms with E-state index in [4.69, 9.17) is 10.8 Å². The second-order valence-corrected chi connectivity index (χ2v) is 3.74. The van der Waals surface area contributed by atoms with Crippen LogP contribution in [0.3, 0.4) is 0 Å². The summed E-state index contributed by atoms with van der Waals surface area (Å²) in [5.74, 6) is 1.23. The lowest BCUT2D eigenvalue weighted by molar-refractivity contribution is -0.137. The highest BCUT2D eigenvalue weighted by Gasteiger charge is 2.06. The van der Waals surface area contributed by atoms with Crippen LogP contribution in [0, 0.1) is 0 Å². The Bertz CT molecular complexity index is 119. The van der Waals surface area contributed by atoms with E-state index < -0.39 is 5.97 Å². The first-order valence-electron chi connectivity index (χ1n) is 3.72. The number of rotatable bonds is 6. The van der Waals surface area contributed by atoms with Gasteiger partial charge in [0.05, 0.1) is 6.42 Å². The number of carboxylic acids is 1. The molecular weight excluding hydrogens is 162 g/mol. The topological polar surface area (TPSA) is 63.3 Å². The monoisotopic (exact) mass is 177 g/mol. The first-order valence-corrected chi connectivity index (χ1v) is 4.87. The molecule has 3 N–H and O–H groups in total. The molecule has 3 nitrogen and oxygen atoms in total. The molecule has 0 heterocycles. The molecule has 0 amide bonds. The van der Waals surface area contributed by atoms with Gasteiger partial charge in [-0.05, 0) is 17.9 Å². The molecule has 0 aliphatic rings. The molecule has 0 saturated carbocycles. The minimum absolute atomic E-state index is 0.0876. The second-order valence-electron chi connectivity index (χ2n) is 2.34. The molecule has 0 saturated heterocycles. The van der Waals surface area contributed by atoms with E-state index in [0.29, 0.717) is 0 Å². The SMILES string of the molecule is CCSCCC(N)CC(=O)O. The van der Waals surface area contributed by atoms with Gasteiger partial charge in [0, 0.05) is 6.04 Å². The summed E-state index contributed by atoms with van der Waals surface area (Å²) in [5, 5.41) is 8.35. The normalized spacial score (nSPS) is 12.9. The highest BCUT2D eigenvalue weighted by molar-refractivity contribution is 7.99. The van der Waals surface area contributed by atoms with Crippen LogP contribution in [0.15, 0.2) is 0 Å². The highest BCUT2D eigenvalue weighted by Crippen LogP contribution is 2.04. The molecule has 0 fully saturated rings. The van der Waals surface area contributed by atoms with Crippen LogP contribution in [-0.4, -0.2) is 28.6 Å². The van der Waals surface area contributed by atoms with Gasteiger partial charge in [0.25, 0.3) is 0 Å². The van der Waals surface area contributed by atoms with Gasteiger partial charge in [-0.25, -0.2) is 0 Å². The van der Waals surface area contributed by atoms with Crippen molar-refractivity contribution in [2.75, 3.05) is 11.5 Å². The van der Waals surface area contributed by atoms with Crippen molar-refractivity contribution in [2.45, 2.75) is 25.8 Å². The van der Waals surface area contributed by atoms with Crippen molar-refractivity contribution >= 4 is 17.7 Å². The molecule has 0 bridgehead atoms. The molecule has 0 spiro atoms. The van der Waals surface area contributed by atoms with E-state index in [-0.39, 0.29) is 12.5 Å². The van der Waals surface area contributed by atoms with E-state index in [1.807, 2.05) is 0 Å². The Morgan fingerprint density at radius 2 is 2.36 bits per heavy atom. The van der Waals surface area contributed by atoms with Crippen molar-refractivity contribution in [3.63, 3.8) is 0 Å². The summed E-state index contributed by atoms with van der Waals surface area (Å²) in [7, 11) is 0. The molecule has 0 radical (unpaired) electrons. The van der Waals surface area contributed by atoms with Gasteiger partial charge in [-0.15, -0.1) is 0 Å². The van der Waals surface area contributed by atoms with E-state index in [1.165, 1.54) is 0 Å². The van der Waals surface area contributed by atoms with Gasteiger partial charge >= 0.3 is 5.97 Å². The fourth-order valence-electron chi connectivity index (χ4n) is 0.705. The Morgan fingerprint density at radius 3 is 2.82 bits per heavy atom. The Balaban J connectivity index is 3.22. The zero-order valence-corrected chi connectivity index (χ0v) is 7.56. The van der Waals surface area contributed by atoms with Crippen LogP contribution in [0.25, 0.3) is 0 Å². The van der Waals surface area contributed by atoms with Crippen molar-refractivity contribution in [1.29, 1.82) is 0 Å². The molecule has 0 rings (SSSR count). The standard InChI is InChI=1S/C7H15NO2S/c1-2-11-4-3-6(8)5-7(9)10/h6H,2-5,8H2,1H3,(H,9,10). The van der Waals surface area contributed by atoms with Crippen LogP contribution in [-0.2, 0) is 4.79 Å². The third kappa shape index (κ3) is 7.68. The fourth-order valence-corrected chi connectivity index (χ4v) is 1.46. The molecule has 1 atom stereocenters. The minimum atomic E-state index is -0.806. The summed E-state index contributed by atoms with van der Waals surface area (Å²) in [4.78, 5) is 10.2.